The average Bonchev–Trinajstić information content (AvgIpc) is 2.67. The van der Waals surface area contributed by atoms with E-state index in [-0.39, 0.29) is 18.1 Å². The van der Waals surface area contributed by atoms with E-state index in [1.165, 1.54) is 19.1 Å². The molecule has 0 aliphatic carbocycles. The summed E-state index contributed by atoms with van der Waals surface area (Å²) >= 11 is 0. The molecule has 0 bridgehead atoms. The number of fused-ring (bicyclic) bond motifs is 1. The Bertz CT molecular complexity index is 964. The second-order valence-corrected chi connectivity index (χ2v) is 6.58. The van der Waals surface area contributed by atoms with E-state index in [0.717, 1.165) is 11.1 Å². The molecule has 0 aromatic heterocycles. The predicted octanol–water partition coefficient (Wildman–Crippen LogP) is 4.78. The van der Waals surface area contributed by atoms with Crippen molar-refractivity contribution in [1.29, 1.82) is 0 Å². The Balaban J connectivity index is 0.000000269. The summed E-state index contributed by atoms with van der Waals surface area (Å²) in [5.41, 5.74) is 1.96. The normalized spacial score (nSPS) is 15.0. The largest absolute Gasteiger partial charge is 0.507 e. The molecule has 0 spiro atoms. The van der Waals surface area contributed by atoms with Crippen LogP contribution in [0.5, 0.6) is 11.5 Å². The van der Waals surface area contributed by atoms with Crippen LogP contribution in [0.1, 0.15) is 34.0 Å². The first-order valence-corrected chi connectivity index (χ1v) is 9.04. The van der Waals surface area contributed by atoms with E-state index < -0.39 is 23.8 Å². The molecule has 1 unspecified atom stereocenters. The van der Waals surface area contributed by atoms with Gasteiger partial charge in [-0.3, -0.25) is 4.79 Å². The van der Waals surface area contributed by atoms with Crippen LogP contribution < -0.4 is 4.74 Å². The number of phenols is 1. The fourth-order valence-electron chi connectivity index (χ4n) is 2.67. The van der Waals surface area contributed by atoms with Crippen LogP contribution in [-0.4, -0.2) is 36.2 Å². The first-order chi connectivity index (χ1) is 14.1. The van der Waals surface area contributed by atoms with Gasteiger partial charge in [0, 0.05) is 5.56 Å². The standard InChI is InChI=1S/C14H13F3O3.C8H8O2/c1-3-19-13(18)10-7-9-5-4-8(2)6-11(9)20-12(10)14(15,16)17;1-6-2-3-7(5-9)8(10)4-6/h4-7,12H,3H2,1-2H3;2-5,10H,1H3. The van der Waals surface area contributed by atoms with E-state index in [1.807, 2.05) is 6.92 Å². The lowest BCUT2D eigenvalue weighted by Crippen LogP contribution is -2.40. The Morgan fingerprint density at radius 1 is 1.17 bits per heavy atom. The van der Waals surface area contributed by atoms with Crippen LogP contribution in [0.15, 0.2) is 42.0 Å². The summed E-state index contributed by atoms with van der Waals surface area (Å²) in [7, 11) is 0. The van der Waals surface area contributed by atoms with Gasteiger partial charge in [0.15, 0.2) is 6.29 Å². The minimum atomic E-state index is -4.68. The van der Waals surface area contributed by atoms with Gasteiger partial charge in [-0.05, 0) is 56.2 Å². The van der Waals surface area contributed by atoms with E-state index in [0.29, 0.717) is 17.4 Å². The van der Waals surface area contributed by atoms with E-state index >= 15 is 0 Å². The molecule has 3 rings (SSSR count). The second-order valence-electron chi connectivity index (χ2n) is 6.58. The molecule has 1 heterocycles. The molecular formula is C22H21F3O5. The highest BCUT2D eigenvalue weighted by Gasteiger charge is 2.48. The first kappa shape index (κ1) is 23.0. The molecule has 30 heavy (non-hydrogen) atoms. The maximum atomic E-state index is 13.0. The zero-order valence-electron chi connectivity index (χ0n) is 16.6. The molecule has 1 aliphatic rings. The minimum absolute atomic E-state index is 0.00149. The number of phenolic OH excluding ortho intramolecular Hbond substituents is 1. The lowest BCUT2D eigenvalue weighted by atomic mass is 10.00. The highest BCUT2D eigenvalue weighted by atomic mass is 19.4. The number of hydrogen-bond donors (Lipinski definition) is 1. The number of halogens is 3. The van der Waals surface area contributed by atoms with Gasteiger partial charge in [0.1, 0.15) is 11.5 Å². The molecule has 160 valence electrons. The molecule has 8 heteroatoms. The fourth-order valence-corrected chi connectivity index (χ4v) is 2.67. The van der Waals surface area contributed by atoms with Crippen LogP contribution in [0, 0.1) is 13.8 Å². The smallest absolute Gasteiger partial charge is 0.430 e. The number of esters is 1. The van der Waals surface area contributed by atoms with Crippen molar-refractivity contribution in [2.24, 2.45) is 0 Å². The zero-order chi connectivity index (χ0) is 22.5. The molecule has 2 aromatic rings. The van der Waals surface area contributed by atoms with Crippen molar-refractivity contribution in [2.45, 2.75) is 33.1 Å². The van der Waals surface area contributed by atoms with Gasteiger partial charge < -0.3 is 14.6 Å². The van der Waals surface area contributed by atoms with Gasteiger partial charge in [-0.1, -0.05) is 18.2 Å². The van der Waals surface area contributed by atoms with E-state index in [2.05, 4.69) is 4.74 Å². The summed E-state index contributed by atoms with van der Waals surface area (Å²) in [4.78, 5) is 21.8. The van der Waals surface area contributed by atoms with E-state index in [4.69, 9.17) is 9.84 Å². The van der Waals surface area contributed by atoms with E-state index in [1.54, 1.807) is 37.3 Å². The number of rotatable bonds is 3. The molecule has 1 atom stereocenters. The molecule has 2 aromatic carbocycles. The summed E-state index contributed by atoms with van der Waals surface area (Å²) < 4.78 is 48.7. The first-order valence-electron chi connectivity index (χ1n) is 9.04. The number of aryl methyl sites for hydroxylation is 2. The molecule has 5 nitrogen and oxygen atoms in total. The Morgan fingerprint density at radius 3 is 2.37 bits per heavy atom. The Hall–Kier alpha value is -3.29. The monoisotopic (exact) mass is 422 g/mol. The van der Waals surface area contributed by atoms with Crippen LogP contribution in [-0.2, 0) is 9.53 Å². The highest BCUT2D eigenvalue weighted by molar-refractivity contribution is 5.96. The van der Waals surface area contributed by atoms with Gasteiger partial charge in [0.25, 0.3) is 0 Å². The summed E-state index contributed by atoms with van der Waals surface area (Å²) in [6, 6.07) is 9.78. The third-order valence-corrected chi connectivity index (χ3v) is 4.13. The lowest BCUT2D eigenvalue weighted by molar-refractivity contribution is -0.187. The zero-order valence-corrected chi connectivity index (χ0v) is 16.6. The summed E-state index contributed by atoms with van der Waals surface area (Å²) in [6.07, 6.45) is -5.17. The molecule has 0 saturated heterocycles. The molecule has 1 N–H and O–H groups in total. The van der Waals surface area contributed by atoms with Crippen molar-refractivity contribution in [2.75, 3.05) is 6.61 Å². The van der Waals surface area contributed by atoms with Gasteiger partial charge in [0.2, 0.25) is 6.10 Å². The number of hydrogen-bond acceptors (Lipinski definition) is 5. The van der Waals surface area contributed by atoms with Gasteiger partial charge in [-0.2, -0.15) is 13.2 Å². The summed E-state index contributed by atoms with van der Waals surface area (Å²) in [6.45, 7) is 5.13. The minimum Gasteiger partial charge on any atom is -0.507 e. The Morgan fingerprint density at radius 2 is 1.80 bits per heavy atom. The number of aldehydes is 1. The Kier molecular flexibility index (Phi) is 7.26. The van der Waals surface area contributed by atoms with Crippen LogP contribution in [0.4, 0.5) is 13.2 Å². The van der Waals surface area contributed by atoms with Crippen molar-refractivity contribution in [3.05, 3.63) is 64.2 Å². The van der Waals surface area contributed by atoms with Crippen molar-refractivity contribution in [3.8, 4) is 11.5 Å². The van der Waals surface area contributed by atoms with Gasteiger partial charge in [-0.15, -0.1) is 0 Å². The molecule has 1 aliphatic heterocycles. The summed E-state index contributed by atoms with van der Waals surface area (Å²) in [5, 5.41) is 9.06. The van der Waals surface area contributed by atoms with Crippen LogP contribution in [0.3, 0.4) is 0 Å². The maximum absolute atomic E-state index is 13.0. The molecule has 0 amide bonds. The van der Waals surface area contributed by atoms with E-state index in [9.17, 15) is 22.8 Å². The average molecular weight is 422 g/mol. The third kappa shape index (κ3) is 5.62. The van der Waals surface area contributed by atoms with Crippen molar-refractivity contribution in [1.82, 2.24) is 0 Å². The highest BCUT2D eigenvalue weighted by Crippen LogP contribution is 2.37. The number of carbonyl (C=O) groups excluding carboxylic acids is 2. The van der Waals surface area contributed by atoms with Crippen molar-refractivity contribution < 1.29 is 37.3 Å². The lowest BCUT2D eigenvalue weighted by Gasteiger charge is -2.27. The third-order valence-electron chi connectivity index (χ3n) is 4.13. The number of ether oxygens (including phenoxy) is 2. The predicted molar refractivity (Wildman–Crippen MR) is 104 cm³/mol. The number of benzene rings is 2. The summed E-state index contributed by atoms with van der Waals surface area (Å²) in [5.74, 6) is -0.851. The topological polar surface area (TPSA) is 72.8 Å². The van der Waals surface area contributed by atoms with Gasteiger partial charge >= 0.3 is 12.1 Å². The van der Waals surface area contributed by atoms with Crippen LogP contribution in [0.2, 0.25) is 0 Å². The molecule has 0 fully saturated rings. The second kappa shape index (κ2) is 9.47. The van der Waals surface area contributed by atoms with Crippen molar-refractivity contribution >= 4 is 18.3 Å². The van der Waals surface area contributed by atoms with Crippen LogP contribution in [0.25, 0.3) is 6.08 Å². The molecule has 0 radical (unpaired) electrons. The van der Waals surface area contributed by atoms with Crippen molar-refractivity contribution in [3.63, 3.8) is 0 Å². The van der Waals surface area contributed by atoms with Crippen LogP contribution >= 0.6 is 0 Å². The van der Waals surface area contributed by atoms with Gasteiger partial charge in [0.05, 0.1) is 17.7 Å². The quantitative estimate of drug-likeness (QED) is 0.569. The number of carbonyl (C=O) groups is 2. The fraction of sp³-hybridized carbons (Fsp3) is 0.273. The Labute approximate surface area is 171 Å². The molecular weight excluding hydrogens is 401 g/mol. The molecule has 0 saturated carbocycles. The number of alkyl halides is 3. The SMILES string of the molecule is CCOC(=O)C1=Cc2ccc(C)cc2OC1C(F)(F)F.Cc1ccc(C=O)c(O)c1. The number of aromatic hydroxyl groups is 1. The van der Waals surface area contributed by atoms with Gasteiger partial charge in [-0.25, -0.2) is 4.79 Å². The maximum Gasteiger partial charge on any atom is 0.430 e.